The molecule has 30 heavy (non-hydrogen) atoms. The number of anilines is 1. The van der Waals surface area contributed by atoms with Crippen molar-refractivity contribution in [2.75, 3.05) is 25.0 Å². The third-order valence-corrected chi connectivity index (χ3v) is 7.74. The van der Waals surface area contributed by atoms with Gasteiger partial charge in [0.1, 0.15) is 27.0 Å². The Morgan fingerprint density at radius 2 is 2.00 bits per heavy atom. The van der Waals surface area contributed by atoms with Crippen LogP contribution in [0.15, 0.2) is 16.2 Å². The minimum Gasteiger partial charge on any atom is -0.352 e. The Bertz CT molecular complexity index is 1280. The Balaban J connectivity index is 1.53. The predicted octanol–water partition coefficient (Wildman–Crippen LogP) is 3.84. The van der Waals surface area contributed by atoms with Crippen LogP contribution in [0.4, 0.5) is 5.82 Å². The maximum atomic E-state index is 12.4. The van der Waals surface area contributed by atoms with Crippen LogP contribution in [-0.4, -0.2) is 45.0 Å². The Morgan fingerprint density at radius 1 is 1.20 bits per heavy atom. The lowest BCUT2D eigenvalue weighted by Crippen LogP contribution is -2.24. The number of aromatic amines is 1. The SMILES string of the molecule is Cc1sc2nc(CN3CCCC3)nc(N(C)Cc3nc4ccsc4c(=O)[nH]3)c2c1C. The van der Waals surface area contributed by atoms with Gasteiger partial charge in [-0.25, -0.2) is 15.0 Å². The predicted molar refractivity (Wildman–Crippen MR) is 124 cm³/mol. The van der Waals surface area contributed by atoms with Crippen molar-refractivity contribution in [3.8, 4) is 0 Å². The fraction of sp³-hybridized carbons (Fsp3) is 0.429. The first-order valence-corrected chi connectivity index (χ1v) is 11.9. The molecule has 0 saturated carbocycles. The minimum absolute atomic E-state index is 0.0801. The quantitative estimate of drug-likeness (QED) is 0.508. The van der Waals surface area contributed by atoms with Crippen LogP contribution < -0.4 is 10.5 Å². The van der Waals surface area contributed by atoms with Crippen LogP contribution in [0.1, 0.15) is 34.9 Å². The first kappa shape index (κ1) is 19.6. The molecule has 5 rings (SSSR count). The molecule has 1 saturated heterocycles. The molecule has 0 aromatic carbocycles. The molecule has 1 aliphatic rings. The molecule has 1 fully saturated rings. The van der Waals surface area contributed by atoms with Crippen LogP contribution in [0.3, 0.4) is 0 Å². The molecule has 0 aliphatic carbocycles. The number of nitrogens with zero attached hydrogens (tertiary/aromatic N) is 5. The summed E-state index contributed by atoms with van der Waals surface area (Å²) < 4.78 is 0.669. The van der Waals surface area contributed by atoms with E-state index in [0.717, 1.165) is 47.0 Å². The van der Waals surface area contributed by atoms with Crippen molar-refractivity contribution >= 4 is 48.9 Å². The number of H-pyrrole nitrogens is 1. The van der Waals surface area contributed by atoms with Crippen LogP contribution in [0, 0.1) is 13.8 Å². The molecule has 0 amide bonds. The zero-order valence-corrected chi connectivity index (χ0v) is 19.0. The van der Waals surface area contributed by atoms with Crippen molar-refractivity contribution in [2.24, 2.45) is 0 Å². The molecule has 0 atom stereocenters. The second-order valence-electron chi connectivity index (χ2n) is 7.91. The van der Waals surface area contributed by atoms with Crippen molar-refractivity contribution in [3.63, 3.8) is 0 Å². The Hall–Kier alpha value is -2.36. The summed E-state index contributed by atoms with van der Waals surface area (Å²) in [5, 5.41) is 3.00. The Morgan fingerprint density at radius 3 is 2.80 bits per heavy atom. The number of fused-ring (bicyclic) bond motifs is 2. The molecule has 9 heteroatoms. The topological polar surface area (TPSA) is 78.0 Å². The highest BCUT2D eigenvalue weighted by molar-refractivity contribution is 7.18. The summed E-state index contributed by atoms with van der Waals surface area (Å²) in [6.07, 6.45) is 2.49. The van der Waals surface area contributed by atoms with Gasteiger partial charge in [-0.1, -0.05) is 0 Å². The van der Waals surface area contributed by atoms with Crippen LogP contribution in [0.25, 0.3) is 20.4 Å². The normalized spacial score (nSPS) is 14.9. The van der Waals surface area contributed by atoms with E-state index in [2.05, 4.69) is 33.6 Å². The molecular formula is C21H24N6OS2. The van der Waals surface area contributed by atoms with Crippen molar-refractivity contribution in [3.05, 3.63) is 43.9 Å². The highest BCUT2D eigenvalue weighted by Crippen LogP contribution is 2.35. The van der Waals surface area contributed by atoms with Gasteiger partial charge >= 0.3 is 0 Å². The largest absolute Gasteiger partial charge is 0.352 e. The molecule has 5 heterocycles. The van der Waals surface area contributed by atoms with E-state index in [1.54, 1.807) is 11.3 Å². The zero-order valence-electron chi connectivity index (χ0n) is 17.4. The van der Waals surface area contributed by atoms with E-state index in [4.69, 9.17) is 9.97 Å². The number of aromatic nitrogens is 4. The molecule has 1 N–H and O–H groups in total. The maximum Gasteiger partial charge on any atom is 0.268 e. The minimum atomic E-state index is -0.0801. The molecule has 0 bridgehead atoms. The summed E-state index contributed by atoms with van der Waals surface area (Å²) in [5.74, 6) is 2.41. The summed E-state index contributed by atoms with van der Waals surface area (Å²) in [5.41, 5.74) is 1.89. The lowest BCUT2D eigenvalue weighted by molar-refractivity contribution is 0.323. The molecule has 0 radical (unpaired) electrons. The highest BCUT2D eigenvalue weighted by Gasteiger charge is 2.20. The summed E-state index contributed by atoms with van der Waals surface area (Å²) in [7, 11) is 2.01. The Kier molecular flexibility index (Phi) is 5.04. The number of rotatable bonds is 5. The van der Waals surface area contributed by atoms with Gasteiger partial charge in [-0.15, -0.1) is 22.7 Å². The summed E-state index contributed by atoms with van der Waals surface area (Å²) in [6.45, 7) is 7.75. The number of thiophene rings is 2. The van der Waals surface area contributed by atoms with Crippen molar-refractivity contribution in [1.29, 1.82) is 0 Å². The van der Waals surface area contributed by atoms with E-state index < -0.39 is 0 Å². The summed E-state index contributed by atoms with van der Waals surface area (Å²) >= 11 is 3.14. The standard InChI is InChI=1S/C21H24N6OS2/c1-12-13(2)30-21-17(12)19(23-16(25-21)11-27-7-4-5-8-27)26(3)10-15-22-14-6-9-29-18(14)20(28)24-15/h6,9H,4-5,7-8,10-11H2,1-3H3,(H,22,24,28). The lowest BCUT2D eigenvalue weighted by atomic mass is 10.2. The second-order valence-corrected chi connectivity index (χ2v) is 10.0. The molecule has 1 aliphatic heterocycles. The molecule has 7 nitrogen and oxygen atoms in total. The van der Waals surface area contributed by atoms with Crippen molar-refractivity contribution in [1.82, 2.24) is 24.8 Å². The van der Waals surface area contributed by atoms with E-state index >= 15 is 0 Å². The monoisotopic (exact) mass is 440 g/mol. The van der Waals surface area contributed by atoms with Gasteiger partial charge in [0.05, 0.1) is 24.0 Å². The fourth-order valence-electron chi connectivity index (χ4n) is 4.06. The second kappa shape index (κ2) is 7.72. The summed E-state index contributed by atoms with van der Waals surface area (Å²) in [4.78, 5) is 36.6. The first-order valence-electron chi connectivity index (χ1n) is 10.2. The van der Waals surface area contributed by atoms with Gasteiger partial charge in [0, 0.05) is 11.9 Å². The Labute approximate surface area is 182 Å². The molecule has 0 spiro atoms. The van der Waals surface area contributed by atoms with Gasteiger partial charge in [-0.05, 0) is 56.8 Å². The van der Waals surface area contributed by atoms with Gasteiger partial charge in [0.15, 0.2) is 0 Å². The number of hydrogen-bond donors (Lipinski definition) is 1. The number of aryl methyl sites for hydroxylation is 2. The lowest BCUT2D eigenvalue weighted by Gasteiger charge is -2.21. The smallest absolute Gasteiger partial charge is 0.268 e. The molecule has 4 aromatic rings. The van der Waals surface area contributed by atoms with Crippen molar-refractivity contribution in [2.45, 2.75) is 39.8 Å². The van der Waals surface area contributed by atoms with E-state index in [1.807, 2.05) is 18.5 Å². The van der Waals surface area contributed by atoms with E-state index in [1.165, 1.54) is 34.6 Å². The molecule has 0 unspecified atom stereocenters. The van der Waals surface area contributed by atoms with Crippen LogP contribution in [0.5, 0.6) is 0 Å². The van der Waals surface area contributed by atoms with Crippen LogP contribution in [0.2, 0.25) is 0 Å². The average molecular weight is 441 g/mol. The van der Waals surface area contributed by atoms with Crippen LogP contribution in [-0.2, 0) is 13.1 Å². The number of likely N-dealkylation sites (tertiary alicyclic amines) is 1. The molecule has 156 valence electrons. The van der Waals surface area contributed by atoms with E-state index in [9.17, 15) is 4.79 Å². The maximum absolute atomic E-state index is 12.4. The van der Waals surface area contributed by atoms with Gasteiger partial charge < -0.3 is 9.88 Å². The van der Waals surface area contributed by atoms with Gasteiger partial charge in [0.2, 0.25) is 0 Å². The third-order valence-electron chi connectivity index (χ3n) is 5.73. The average Bonchev–Trinajstić information content (AvgIpc) is 3.43. The van der Waals surface area contributed by atoms with Crippen molar-refractivity contribution < 1.29 is 0 Å². The molecular weight excluding hydrogens is 416 g/mol. The van der Waals surface area contributed by atoms with Gasteiger partial charge in [-0.3, -0.25) is 9.69 Å². The van der Waals surface area contributed by atoms with Crippen LogP contribution >= 0.6 is 22.7 Å². The number of hydrogen-bond acceptors (Lipinski definition) is 8. The van der Waals surface area contributed by atoms with E-state index in [-0.39, 0.29) is 5.56 Å². The first-order chi connectivity index (χ1) is 14.5. The number of nitrogens with one attached hydrogen (secondary N) is 1. The molecule has 4 aromatic heterocycles. The van der Waals surface area contributed by atoms with Gasteiger partial charge in [0.25, 0.3) is 5.56 Å². The zero-order chi connectivity index (χ0) is 20.8. The fourth-order valence-corrected chi connectivity index (χ4v) is 5.82. The highest BCUT2D eigenvalue weighted by atomic mass is 32.1. The summed E-state index contributed by atoms with van der Waals surface area (Å²) in [6, 6.07) is 1.89. The third kappa shape index (κ3) is 3.51. The van der Waals surface area contributed by atoms with Gasteiger partial charge in [-0.2, -0.15) is 0 Å². The van der Waals surface area contributed by atoms with E-state index in [0.29, 0.717) is 17.1 Å².